The number of piperazine rings is 1. The summed E-state index contributed by atoms with van der Waals surface area (Å²) in [5.74, 6) is -0.341. The van der Waals surface area contributed by atoms with Crippen LogP contribution in [0.1, 0.15) is 42.6 Å². The number of carboxylic acids is 1. The predicted molar refractivity (Wildman–Crippen MR) is 85.1 cm³/mol. The van der Waals surface area contributed by atoms with Crippen molar-refractivity contribution >= 4 is 11.9 Å². The number of amides is 1. The number of benzene rings is 1. The Labute approximate surface area is 131 Å². The Morgan fingerprint density at radius 1 is 1.00 bits per heavy atom. The molecule has 0 aliphatic carbocycles. The molecule has 0 radical (unpaired) electrons. The van der Waals surface area contributed by atoms with Crippen LogP contribution < -0.4 is 0 Å². The van der Waals surface area contributed by atoms with Crippen LogP contribution in [0.25, 0.3) is 0 Å². The van der Waals surface area contributed by atoms with Gasteiger partial charge in [0.2, 0.25) is 0 Å². The first-order valence-corrected chi connectivity index (χ1v) is 7.76. The predicted octanol–water partition coefficient (Wildman–Crippen LogP) is 2.04. The molecule has 1 fully saturated rings. The highest BCUT2D eigenvalue weighted by molar-refractivity contribution is 5.94. The van der Waals surface area contributed by atoms with Crippen LogP contribution in [0.2, 0.25) is 0 Å². The maximum atomic E-state index is 12.5. The molecule has 1 saturated heterocycles. The van der Waals surface area contributed by atoms with E-state index >= 15 is 0 Å². The molecular formula is C17H24N2O3. The average molecular weight is 304 g/mol. The molecular weight excluding hydrogens is 280 g/mol. The van der Waals surface area contributed by atoms with Crippen LogP contribution in [0.3, 0.4) is 0 Å². The fraction of sp³-hybridized carbons (Fsp3) is 0.529. The SMILES string of the molecule is CC(C)c1ccc(C(=O)N2CCN([C@H](C)C(=O)O)CC2)cc1. The summed E-state index contributed by atoms with van der Waals surface area (Å²) in [6.07, 6.45) is 0. The maximum Gasteiger partial charge on any atom is 0.320 e. The van der Waals surface area contributed by atoms with Crippen molar-refractivity contribution in [2.24, 2.45) is 0 Å². The zero-order chi connectivity index (χ0) is 16.3. The number of carboxylic acid groups (broad SMARTS) is 1. The lowest BCUT2D eigenvalue weighted by atomic mass is 10.0. The minimum atomic E-state index is -0.816. The Bertz CT molecular complexity index is 531. The number of hydrogen-bond acceptors (Lipinski definition) is 3. The van der Waals surface area contributed by atoms with Crippen molar-refractivity contribution in [3.05, 3.63) is 35.4 Å². The highest BCUT2D eigenvalue weighted by Gasteiger charge is 2.27. The zero-order valence-corrected chi connectivity index (χ0v) is 13.5. The summed E-state index contributed by atoms with van der Waals surface area (Å²) >= 11 is 0. The lowest BCUT2D eigenvalue weighted by Gasteiger charge is -2.36. The van der Waals surface area contributed by atoms with Crippen LogP contribution in [-0.4, -0.2) is 59.0 Å². The molecule has 1 heterocycles. The molecule has 1 aromatic carbocycles. The van der Waals surface area contributed by atoms with Gasteiger partial charge in [-0.1, -0.05) is 26.0 Å². The van der Waals surface area contributed by atoms with E-state index < -0.39 is 12.0 Å². The van der Waals surface area contributed by atoms with E-state index in [9.17, 15) is 9.59 Å². The highest BCUT2D eigenvalue weighted by atomic mass is 16.4. The molecule has 2 rings (SSSR count). The minimum absolute atomic E-state index is 0.0259. The van der Waals surface area contributed by atoms with Gasteiger partial charge in [-0.05, 0) is 30.5 Å². The van der Waals surface area contributed by atoms with E-state index in [1.54, 1.807) is 11.8 Å². The van der Waals surface area contributed by atoms with Crippen LogP contribution in [0.15, 0.2) is 24.3 Å². The molecule has 0 unspecified atom stereocenters. The number of aliphatic carboxylic acids is 1. The molecule has 22 heavy (non-hydrogen) atoms. The van der Waals surface area contributed by atoms with Crippen molar-refractivity contribution in [3.63, 3.8) is 0 Å². The molecule has 0 aromatic heterocycles. The van der Waals surface area contributed by atoms with Crippen molar-refractivity contribution in [3.8, 4) is 0 Å². The fourth-order valence-electron chi connectivity index (χ4n) is 2.66. The molecule has 0 spiro atoms. The molecule has 5 heteroatoms. The normalized spacial score (nSPS) is 17.5. The third-order valence-corrected chi connectivity index (χ3v) is 4.33. The van der Waals surface area contributed by atoms with Gasteiger partial charge in [0.05, 0.1) is 0 Å². The van der Waals surface area contributed by atoms with E-state index in [0.29, 0.717) is 37.7 Å². The Hall–Kier alpha value is -1.88. The van der Waals surface area contributed by atoms with Crippen molar-refractivity contribution < 1.29 is 14.7 Å². The molecule has 120 valence electrons. The van der Waals surface area contributed by atoms with Crippen molar-refractivity contribution in [1.29, 1.82) is 0 Å². The van der Waals surface area contributed by atoms with Gasteiger partial charge in [-0.2, -0.15) is 0 Å². The number of nitrogens with zero attached hydrogens (tertiary/aromatic N) is 2. The second-order valence-electron chi connectivity index (χ2n) is 6.12. The number of hydrogen-bond donors (Lipinski definition) is 1. The van der Waals surface area contributed by atoms with E-state index in [1.165, 1.54) is 5.56 Å². The van der Waals surface area contributed by atoms with Gasteiger partial charge in [0.1, 0.15) is 6.04 Å². The van der Waals surface area contributed by atoms with Gasteiger partial charge in [0, 0.05) is 31.7 Å². The summed E-state index contributed by atoms with van der Waals surface area (Å²) in [5, 5.41) is 9.04. The third-order valence-electron chi connectivity index (χ3n) is 4.33. The van der Waals surface area contributed by atoms with Gasteiger partial charge < -0.3 is 10.0 Å². The second-order valence-corrected chi connectivity index (χ2v) is 6.12. The minimum Gasteiger partial charge on any atom is -0.480 e. The van der Waals surface area contributed by atoms with Crippen molar-refractivity contribution in [2.75, 3.05) is 26.2 Å². The lowest BCUT2D eigenvalue weighted by molar-refractivity contribution is -0.143. The van der Waals surface area contributed by atoms with Crippen LogP contribution in [0.4, 0.5) is 0 Å². The Morgan fingerprint density at radius 3 is 2.00 bits per heavy atom. The Kier molecular flexibility index (Phi) is 5.19. The van der Waals surface area contributed by atoms with Gasteiger partial charge in [-0.25, -0.2) is 0 Å². The molecule has 0 saturated carbocycles. The van der Waals surface area contributed by atoms with Crippen LogP contribution >= 0.6 is 0 Å². The zero-order valence-electron chi connectivity index (χ0n) is 13.5. The van der Waals surface area contributed by atoms with E-state index in [0.717, 1.165) is 0 Å². The van der Waals surface area contributed by atoms with Gasteiger partial charge in [-0.15, -0.1) is 0 Å². The molecule has 5 nitrogen and oxygen atoms in total. The number of rotatable bonds is 4. The van der Waals surface area contributed by atoms with Crippen LogP contribution in [0.5, 0.6) is 0 Å². The summed E-state index contributed by atoms with van der Waals surface area (Å²) in [5.41, 5.74) is 1.92. The summed E-state index contributed by atoms with van der Waals surface area (Å²) < 4.78 is 0. The molecule has 1 amide bonds. The van der Waals surface area contributed by atoms with Crippen molar-refractivity contribution in [1.82, 2.24) is 9.80 Å². The second kappa shape index (κ2) is 6.92. The Morgan fingerprint density at radius 2 is 1.55 bits per heavy atom. The van der Waals surface area contributed by atoms with E-state index in [4.69, 9.17) is 5.11 Å². The van der Waals surface area contributed by atoms with Crippen LogP contribution in [-0.2, 0) is 4.79 Å². The average Bonchev–Trinajstić information content (AvgIpc) is 2.53. The van der Waals surface area contributed by atoms with Gasteiger partial charge in [0.15, 0.2) is 0 Å². The first-order chi connectivity index (χ1) is 10.4. The summed E-state index contributed by atoms with van der Waals surface area (Å²) in [6, 6.07) is 7.26. The van der Waals surface area contributed by atoms with Gasteiger partial charge in [-0.3, -0.25) is 14.5 Å². The molecule has 1 aliphatic heterocycles. The molecule has 1 N–H and O–H groups in total. The molecule has 1 aromatic rings. The molecule has 1 atom stereocenters. The maximum absolute atomic E-state index is 12.5. The topological polar surface area (TPSA) is 60.9 Å². The summed E-state index contributed by atoms with van der Waals surface area (Å²) in [6.45, 7) is 8.28. The van der Waals surface area contributed by atoms with Crippen LogP contribution in [0, 0.1) is 0 Å². The first-order valence-electron chi connectivity index (χ1n) is 7.76. The summed E-state index contributed by atoms with van der Waals surface area (Å²) in [7, 11) is 0. The van der Waals surface area contributed by atoms with E-state index in [2.05, 4.69) is 13.8 Å². The number of carbonyl (C=O) groups is 2. The fourth-order valence-corrected chi connectivity index (χ4v) is 2.66. The molecule has 1 aliphatic rings. The molecule has 0 bridgehead atoms. The highest BCUT2D eigenvalue weighted by Crippen LogP contribution is 2.16. The van der Waals surface area contributed by atoms with Gasteiger partial charge >= 0.3 is 5.97 Å². The standard InChI is InChI=1S/C17H24N2O3/c1-12(2)14-4-6-15(7-5-14)16(20)19-10-8-18(9-11-19)13(3)17(21)22/h4-7,12-13H,8-11H2,1-3H3,(H,21,22)/t13-/m1/s1. The summed E-state index contributed by atoms with van der Waals surface area (Å²) in [4.78, 5) is 27.2. The van der Waals surface area contributed by atoms with E-state index in [-0.39, 0.29) is 5.91 Å². The number of carbonyl (C=O) groups excluding carboxylic acids is 1. The quantitative estimate of drug-likeness (QED) is 0.925. The third kappa shape index (κ3) is 3.65. The first kappa shape index (κ1) is 16.5. The smallest absolute Gasteiger partial charge is 0.320 e. The van der Waals surface area contributed by atoms with Crippen molar-refractivity contribution in [2.45, 2.75) is 32.7 Å². The largest absolute Gasteiger partial charge is 0.480 e. The van der Waals surface area contributed by atoms with Gasteiger partial charge in [0.25, 0.3) is 5.91 Å². The Balaban J connectivity index is 1.96. The monoisotopic (exact) mass is 304 g/mol. The lowest BCUT2D eigenvalue weighted by Crippen LogP contribution is -2.53. The van der Waals surface area contributed by atoms with E-state index in [1.807, 2.05) is 29.2 Å².